The van der Waals surface area contributed by atoms with Gasteiger partial charge in [-0.3, -0.25) is 9.59 Å². The van der Waals surface area contributed by atoms with Crippen molar-refractivity contribution in [3.63, 3.8) is 0 Å². The molecule has 0 saturated carbocycles. The number of carbonyl (C=O) groups excluding carboxylic acids is 2. The molecule has 0 radical (unpaired) electrons. The number of unbranched alkanes of at least 4 members (excludes halogenated alkanes) is 4. The van der Waals surface area contributed by atoms with Crippen LogP contribution in [0.2, 0.25) is 0 Å². The van der Waals surface area contributed by atoms with Gasteiger partial charge in [0, 0.05) is 25.0 Å². The maximum absolute atomic E-state index is 10.7. The predicted octanol–water partition coefficient (Wildman–Crippen LogP) is 14.0. The quantitative estimate of drug-likeness (QED) is 0.0461. The molecule has 0 fully saturated rings. The molecule has 34 heteroatoms. The van der Waals surface area contributed by atoms with Crippen LogP contribution in [0.4, 0.5) is 50.4 Å². The van der Waals surface area contributed by atoms with Crippen molar-refractivity contribution in [2.45, 2.75) is 93.2 Å². The van der Waals surface area contributed by atoms with Crippen LogP contribution < -0.4 is 29.6 Å². The molecule has 0 unspecified atom stereocenters. The Kier molecular flexibility index (Phi) is 47.9. The summed E-state index contributed by atoms with van der Waals surface area (Å²) in [5.41, 5.74) is 8.15. The molecule has 0 bridgehead atoms. The summed E-state index contributed by atoms with van der Waals surface area (Å²) in [6.07, 6.45) is 6.53. The van der Waals surface area contributed by atoms with Gasteiger partial charge in [-0.15, -0.1) is 0 Å². The summed E-state index contributed by atoms with van der Waals surface area (Å²) in [5.74, 6) is 2.45. The largest absolute Gasteiger partial charge is 0.487 e. The second kappa shape index (κ2) is 51.7. The average Bonchev–Trinajstić information content (AvgIpc) is 0.798. The first-order valence-corrected chi connectivity index (χ1v) is 37.7. The van der Waals surface area contributed by atoms with Gasteiger partial charge in [0.1, 0.15) is 39.5 Å². The van der Waals surface area contributed by atoms with Gasteiger partial charge in [-0.05, 0) is 90.5 Å². The Morgan fingerprint density at radius 3 is 0.716 bits per heavy atom. The molecule has 2 aliphatic heterocycles. The van der Waals surface area contributed by atoms with E-state index < -0.39 is 15.6 Å². The maximum Gasteiger partial charge on any atom is 0.161 e. The zero-order valence-corrected chi connectivity index (χ0v) is 61.3. The fourth-order valence-electron chi connectivity index (χ4n) is 8.66. The van der Waals surface area contributed by atoms with Crippen molar-refractivity contribution >= 4 is 27.6 Å². The summed E-state index contributed by atoms with van der Waals surface area (Å²) in [6.45, 7) is 29.5. The number of fused-ring (bicyclic) bond motifs is 2. The molecule has 2 aliphatic rings. The van der Waals surface area contributed by atoms with Gasteiger partial charge in [0.15, 0.2) is 23.0 Å². The Morgan fingerprint density at radius 2 is 0.520 bits per heavy atom. The number of nitrogens with two attached hydrogens (primary N) is 2. The molecule has 0 atom stereocenters. The molecule has 102 heavy (non-hydrogen) atoms. The van der Waals surface area contributed by atoms with Gasteiger partial charge in [0.25, 0.3) is 0 Å². The third-order valence-electron chi connectivity index (χ3n) is 12.7. The predicted molar refractivity (Wildman–Crippen MR) is 364 cm³/mol. The molecule has 0 aliphatic carbocycles. The third kappa shape index (κ3) is 72.9. The van der Waals surface area contributed by atoms with Crippen molar-refractivity contribution < 1.29 is 146 Å². The second-order valence-corrected chi connectivity index (χ2v) is 26.5. The summed E-state index contributed by atoms with van der Waals surface area (Å²) < 4.78 is 205. The fourth-order valence-corrected chi connectivity index (χ4v) is 8.66. The monoisotopic (exact) mass is 1530 g/mol. The summed E-state index contributed by atoms with van der Waals surface area (Å²) in [7, 11) is -21.3. The van der Waals surface area contributed by atoms with E-state index in [0.717, 1.165) is 51.9 Å². The van der Waals surface area contributed by atoms with Gasteiger partial charge in [0.05, 0.1) is 158 Å². The molecule has 2 heterocycles. The Morgan fingerprint density at radius 1 is 0.324 bits per heavy atom. The topological polar surface area (TPSA) is 215 Å². The molecule has 0 saturated heterocycles. The Labute approximate surface area is 591 Å². The number of benzene rings is 4. The average molecular weight is 1530 g/mol. The van der Waals surface area contributed by atoms with Crippen molar-refractivity contribution in [2.24, 2.45) is 0 Å². The number of para-hydroxylation sites is 4. The van der Waals surface area contributed by atoms with E-state index in [2.05, 4.69) is 74.7 Å². The van der Waals surface area contributed by atoms with E-state index >= 15 is 0 Å². The molecule has 592 valence electrons. The number of esters is 2. The van der Waals surface area contributed by atoms with Crippen LogP contribution in [0.3, 0.4) is 0 Å². The Bertz CT molecular complexity index is 2500. The summed E-state index contributed by atoms with van der Waals surface area (Å²) in [6, 6.07) is 28.6. The standard InChI is InChI=1S/2C18H28O7.2C16H25NO2.2F6P/c2*1-2-4-18-17(3-1)24-15-13-22-11-9-20-7-5-19-6-8-21-10-12-23-14-16-25-18;2*1-13-9-14(2)11-16(10-13)12-17-7-5-4-6-8-19-15(3)18;2*1-7(2,3,4,5)6/h2*1-4H,5-16H2;2*9-11,17H,4-8,12H2,1-3H3;;/q;;;;2*-1/p+2. The van der Waals surface area contributed by atoms with Crippen LogP contribution in [0, 0.1) is 27.7 Å². The van der Waals surface area contributed by atoms with Crippen molar-refractivity contribution in [3.05, 3.63) is 118 Å². The summed E-state index contributed by atoms with van der Waals surface area (Å²) >= 11 is 0. The van der Waals surface area contributed by atoms with Crippen LogP contribution in [0.25, 0.3) is 0 Å². The molecule has 0 aromatic heterocycles. The van der Waals surface area contributed by atoms with E-state index in [1.807, 2.05) is 48.5 Å². The van der Waals surface area contributed by atoms with Gasteiger partial charge in [-0.25, -0.2) is 0 Å². The summed E-state index contributed by atoms with van der Waals surface area (Å²) in [5, 5.41) is 4.69. The van der Waals surface area contributed by atoms with Crippen molar-refractivity contribution in [1.29, 1.82) is 0 Å². The Hall–Kier alpha value is -5.44. The van der Waals surface area contributed by atoms with E-state index in [1.165, 1.54) is 60.1 Å². The van der Waals surface area contributed by atoms with E-state index in [9.17, 15) is 60.0 Å². The molecule has 4 aromatic rings. The van der Waals surface area contributed by atoms with Crippen LogP contribution in [0.5, 0.6) is 23.0 Å². The van der Waals surface area contributed by atoms with Crippen molar-refractivity contribution in [2.75, 3.05) is 185 Å². The van der Waals surface area contributed by atoms with Gasteiger partial charge < -0.3 is 86.4 Å². The molecule has 0 spiro atoms. The van der Waals surface area contributed by atoms with Crippen LogP contribution in [-0.4, -0.2) is 197 Å². The minimum atomic E-state index is -10.7. The van der Waals surface area contributed by atoms with Crippen LogP contribution in [0.15, 0.2) is 84.9 Å². The van der Waals surface area contributed by atoms with E-state index in [4.69, 9.17) is 75.8 Å². The minimum Gasteiger partial charge on any atom is -0.487 e. The zero-order valence-electron chi connectivity index (χ0n) is 59.5. The normalized spacial score (nSPS) is 17.0. The number of carbonyl (C=O) groups is 2. The maximum atomic E-state index is 10.6. The van der Waals surface area contributed by atoms with Gasteiger partial charge in [0.2, 0.25) is 0 Å². The number of ether oxygens (including phenoxy) is 16. The Balaban J connectivity index is 0.000000642. The molecule has 4 aromatic carbocycles. The molecule has 6 rings (SSSR count). The van der Waals surface area contributed by atoms with Gasteiger partial charge in [-0.2, -0.15) is 0 Å². The minimum absolute atomic E-state index is 0.179. The molecular weight excluding hydrogens is 1420 g/mol. The van der Waals surface area contributed by atoms with Crippen LogP contribution in [-0.2, 0) is 79.5 Å². The van der Waals surface area contributed by atoms with E-state index in [1.54, 1.807) is 0 Å². The number of quaternary nitrogens is 2. The number of hydrogen-bond donors (Lipinski definition) is 2. The number of aryl methyl sites for hydroxylation is 4. The van der Waals surface area contributed by atoms with E-state index in [-0.39, 0.29) is 11.9 Å². The van der Waals surface area contributed by atoms with E-state index in [0.29, 0.717) is 195 Å². The SMILES string of the molecule is CC(=O)OCCCCC[NH2+]Cc1cc(C)cc(C)c1.CC(=O)OCCCCC[NH2+]Cc1cc(C)cc(C)c1.F[P-](F)(F)(F)(F)F.F[P-](F)(F)(F)(F)F.c1ccc2c(c1)OCCOCCOCCOCCOCCOCCO2.c1ccc2c(c1)OCCOCCOCCOCCOCCOCCO2. The van der Waals surface area contributed by atoms with Crippen molar-refractivity contribution in [3.8, 4) is 23.0 Å². The third-order valence-corrected chi connectivity index (χ3v) is 12.7. The first-order valence-electron chi connectivity index (χ1n) is 33.6. The molecule has 20 nitrogen and oxygen atoms in total. The summed E-state index contributed by atoms with van der Waals surface area (Å²) in [4.78, 5) is 21.1. The van der Waals surface area contributed by atoms with Crippen LogP contribution in [0.1, 0.15) is 85.8 Å². The van der Waals surface area contributed by atoms with Crippen LogP contribution >= 0.6 is 15.6 Å². The van der Waals surface area contributed by atoms with Gasteiger partial charge in [-0.1, -0.05) is 82.9 Å². The smallest absolute Gasteiger partial charge is 0.161 e. The second-order valence-electron chi connectivity index (χ2n) is 22.7. The molecule has 4 N–H and O–H groups in total. The first-order chi connectivity index (χ1) is 48.0. The van der Waals surface area contributed by atoms with Crippen molar-refractivity contribution in [1.82, 2.24) is 0 Å². The van der Waals surface area contributed by atoms with Gasteiger partial charge >= 0.3 is 77.9 Å². The zero-order chi connectivity index (χ0) is 75.8. The molecular formula is C68H108F12N2O18P2. The first kappa shape index (κ1) is 94.6. The number of hydrogen-bond acceptors (Lipinski definition) is 18. The number of rotatable bonds is 16. The fraction of sp³-hybridized carbons (Fsp3) is 0.618. The molecule has 0 amide bonds. The number of halogens is 12.